The summed E-state index contributed by atoms with van der Waals surface area (Å²) in [5.41, 5.74) is 1.75. The summed E-state index contributed by atoms with van der Waals surface area (Å²) in [4.78, 5) is 26.0. The summed E-state index contributed by atoms with van der Waals surface area (Å²) < 4.78 is 18.2. The second kappa shape index (κ2) is 11.3. The molecule has 10 heteroatoms. The lowest BCUT2D eigenvalue weighted by Crippen LogP contribution is -2.30. The Morgan fingerprint density at radius 1 is 1.22 bits per heavy atom. The Hall–Kier alpha value is -1.88. The van der Waals surface area contributed by atoms with Gasteiger partial charge in [-0.1, -0.05) is 52.0 Å². The Kier molecular flexibility index (Phi) is 8.75. The zero-order valence-electron chi connectivity index (χ0n) is 17.2. The molecule has 0 aliphatic carbocycles. The number of amides is 1. The molecule has 1 aliphatic rings. The van der Waals surface area contributed by atoms with E-state index in [2.05, 4.69) is 36.6 Å². The third-order valence-electron chi connectivity index (χ3n) is 4.46. The highest BCUT2D eigenvalue weighted by Gasteiger charge is 2.32. The van der Waals surface area contributed by atoms with Crippen molar-refractivity contribution in [3.63, 3.8) is 0 Å². The van der Waals surface area contributed by atoms with E-state index in [0.717, 1.165) is 15.6 Å². The van der Waals surface area contributed by atoms with Crippen molar-refractivity contribution < 1.29 is 23.8 Å². The van der Waals surface area contributed by atoms with Gasteiger partial charge in [0, 0.05) is 11.0 Å². The van der Waals surface area contributed by atoms with Crippen molar-refractivity contribution in [2.45, 2.75) is 13.0 Å². The second-order valence-corrected chi connectivity index (χ2v) is 10.1. The van der Waals surface area contributed by atoms with Crippen LogP contribution in [0.15, 0.2) is 50.2 Å². The van der Waals surface area contributed by atoms with E-state index < -0.39 is 5.97 Å². The van der Waals surface area contributed by atoms with E-state index in [9.17, 15) is 9.59 Å². The summed E-state index contributed by atoms with van der Waals surface area (Å²) >= 11 is 13.5. The Balaban J connectivity index is 1.78. The molecule has 168 valence electrons. The lowest BCUT2D eigenvalue weighted by atomic mass is 10.1. The normalized spacial score (nSPS) is 14.8. The standard InChI is InChI=1S/C22H19Br2NO5S2/c1-28-17-10-14(9-16(24)20(17)30-12-13-4-3-5-15(23)8-13)11-18-21(27)25(22(31)32-18)7-6-19(26)29-2/h3-5,8-11H,6-7,12H2,1-2H3/b18-11+. The SMILES string of the molecule is COC(=O)CCN1C(=O)/C(=C\c2cc(Br)c(OCc3cccc(Br)c3)c(OC)c2)SC1=S. The highest BCUT2D eigenvalue weighted by atomic mass is 79.9. The molecule has 3 rings (SSSR count). The minimum absolute atomic E-state index is 0.0829. The maximum absolute atomic E-state index is 12.7. The Bertz CT molecular complexity index is 1090. The first-order valence-corrected chi connectivity index (χ1v) is 12.2. The summed E-state index contributed by atoms with van der Waals surface area (Å²) in [6, 6.07) is 11.5. The highest BCUT2D eigenvalue weighted by Crippen LogP contribution is 2.39. The van der Waals surface area contributed by atoms with E-state index in [-0.39, 0.29) is 18.9 Å². The quantitative estimate of drug-likeness (QED) is 0.223. The topological polar surface area (TPSA) is 65.1 Å². The van der Waals surface area contributed by atoms with Gasteiger partial charge in [-0.05, 0) is 57.4 Å². The van der Waals surface area contributed by atoms with Crippen LogP contribution in [-0.2, 0) is 20.9 Å². The fourth-order valence-corrected chi connectivity index (χ4v) is 5.22. The molecule has 0 unspecified atom stereocenters. The number of esters is 1. The average molecular weight is 601 g/mol. The number of thiocarbonyl (C=S) groups is 1. The molecule has 0 N–H and O–H groups in total. The number of ether oxygens (including phenoxy) is 3. The molecule has 1 fully saturated rings. The van der Waals surface area contributed by atoms with Crippen LogP contribution in [0.4, 0.5) is 0 Å². The maximum Gasteiger partial charge on any atom is 0.307 e. The molecule has 0 atom stereocenters. The lowest BCUT2D eigenvalue weighted by molar-refractivity contribution is -0.140. The number of carbonyl (C=O) groups excluding carboxylic acids is 2. The first-order chi connectivity index (χ1) is 15.3. The predicted molar refractivity (Wildman–Crippen MR) is 136 cm³/mol. The largest absolute Gasteiger partial charge is 0.493 e. The number of nitrogens with zero attached hydrogens (tertiary/aromatic N) is 1. The van der Waals surface area contributed by atoms with Crippen molar-refractivity contribution in [3.05, 3.63) is 61.4 Å². The molecule has 0 bridgehead atoms. The number of hydrogen-bond donors (Lipinski definition) is 0. The molecule has 2 aromatic carbocycles. The molecule has 0 aromatic heterocycles. The van der Waals surface area contributed by atoms with Gasteiger partial charge >= 0.3 is 5.97 Å². The Labute approximate surface area is 212 Å². The predicted octanol–water partition coefficient (Wildman–Crippen LogP) is 5.56. The molecule has 1 amide bonds. The van der Waals surface area contributed by atoms with Crippen LogP contribution < -0.4 is 9.47 Å². The first-order valence-electron chi connectivity index (χ1n) is 9.39. The van der Waals surface area contributed by atoms with Crippen LogP contribution in [0, 0.1) is 0 Å². The van der Waals surface area contributed by atoms with Crippen LogP contribution in [0.5, 0.6) is 11.5 Å². The number of rotatable bonds is 8. The van der Waals surface area contributed by atoms with Gasteiger partial charge in [-0.3, -0.25) is 14.5 Å². The summed E-state index contributed by atoms with van der Waals surface area (Å²) in [6.45, 7) is 0.552. The van der Waals surface area contributed by atoms with Gasteiger partial charge in [0.15, 0.2) is 11.5 Å². The average Bonchev–Trinajstić information content (AvgIpc) is 3.03. The van der Waals surface area contributed by atoms with Gasteiger partial charge in [-0.2, -0.15) is 0 Å². The number of carbonyl (C=O) groups is 2. The van der Waals surface area contributed by atoms with Crippen molar-refractivity contribution >= 4 is 78.1 Å². The maximum atomic E-state index is 12.7. The van der Waals surface area contributed by atoms with E-state index in [1.165, 1.54) is 23.8 Å². The van der Waals surface area contributed by atoms with Crippen molar-refractivity contribution in [2.75, 3.05) is 20.8 Å². The van der Waals surface area contributed by atoms with Crippen molar-refractivity contribution in [1.82, 2.24) is 4.90 Å². The van der Waals surface area contributed by atoms with Gasteiger partial charge in [0.25, 0.3) is 5.91 Å². The Morgan fingerprint density at radius 3 is 2.69 bits per heavy atom. The van der Waals surface area contributed by atoms with Gasteiger partial charge in [-0.15, -0.1) is 0 Å². The third kappa shape index (κ3) is 6.12. The van der Waals surface area contributed by atoms with Gasteiger partial charge in [0.1, 0.15) is 10.9 Å². The molecule has 1 saturated heterocycles. The van der Waals surface area contributed by atoms with Gasteiger partial charge in [-0.25, -0.2) is 0 Å². The van der Waals surface area contributed by atoms with Crippen molar-refractivity contribution in [3.8, 4) is 11.5 Å². The molecule has 2 aromatic rings. The molecule has 0 saturated carbocycles. The van der Waals surface area contributed by atoms with E-state index in [1.54, 1.807) is 19.3 Å². The van der Waals surface area contributed by atoms with E-state index in [4.69, 9.17) is 21.7 Å². The fraction of sp³-hybridized carbons (Fsp3) is 0.227. The first kappa shape index (κ1) is 24.8. The van der Waals surface area contributed by atoms with Gasteiger partial charge < -0.3 is 14.2 Å². The molecular weight excluding hydrogens is 582 g/mol. The summed E-state index contributed by atoms with van der Waals surface area (Å²) in [5.74, 6) is 0.459. The minimum atomic E-state index is -0.393. The Morgan fingerprint density at radius 2 is 2.00 bits per heavy atom. The van der Waals surface area contributed by atoms with Crippen LogP contribution >= 0.6 is 55.8 Å². The van der Waals surface area contributed by atoms with Crippen LogP contribution in [0.1, 0.15) is 17.5 Å². The fourth-order valence-electron chi connectivity index (χ4n) is 2.89. The van der Waals surface area contributed by atoms with E-state index in [0.29, 0.717) is 31.8 Å². The van der Waals surface area contributed by atoms with E-state index >= 15 is 0 Å². The number of halogens is 2. The number of thioether (sulfide) groups is 1. The molecule has 1 aliphatic heterocycles. The monoisotopic (exact) mass is 599 g/mol. The van der Waals surface area contributed by atoms with Crippen LogP contribution in [0.25, 0.3) is 6.08 Å². The smallest absolute Gasteiger partial charge is 0.307 e. The van der Waals surface area contributed by atoms with Crippen LogP contribution in [0.2, 0.25) is 0 Å². The molecule has 0 spiro atoms. The zero-order chi connectivity index (χ0) is 23.3. The summed E-state index contributed by atoms with van der Waals surface area (Å²) in [6.07, 6.45) is 1.82. The second-order valence-electron chi connectivity index (χ2n) is 6.61. The van der Waals surface area contributed by atoms with Gasteiger partial charge in [0.05, 0.1) is 30.0 Å². The van der Waals surface area contributed by atoms with Crippen molar-refractivity contribution in [2.24, 2.45) is 0 Å². The van der Waals surface area contributed by atoms with Crippen LogP contribution in [-0.4, -0.2) is 41.9 Å². The van der Waals surface area contributed by atoms with Gasteiger partial charge in [0.2, 0.25) is 0 Å². The molecule has 6 nitrogen and oxygen atoms in total. The molecule has 1 heterocycles. The summed E-state index contributed by atoms with van der Waals surface area (Å²) in [5, 5.41) is 0. The molecule has 32 heavy (non-hydrogen) atoms. The number of methoxy groups -OCH3 is 2. The summed E-state index contributed by atoms with van der Waals surface area (Å²) in [7, 11) is 2.87. The van der Waals surface area contributed by atoms with Crippen LogP contribution in [0.3, 0.4) is 0 Å². The van der Waals surface area contributed by atoms with E-state index in [1.807, 2.05) is 30.3 Å². The van der Waals surface area contributed by atoms with Crippen molar-refractivity contribution in [1.29, 1.82) is 0 Å². The lowest BCUT2D eigenvalue weighted by Gasteiger charge is -2.14. The molecule has 0 radical (unpaired) electrons. The minimum Gasteiger partial charge on any atom is -0.493 e. The molecular formula is C22H19Br2NO5S2. The zero-order valence-corrected chi connectivity index (χ0v) is 22.0. The third-order valence-corrected chi connectivity index (χ3v) is 6.92. The highest BCUT2D eigenvalue weighted by molar-refractivity contribution is 9.10. The number of hydrogen-bond acceptors (Lipinski definition) is 7. The number of benzene rings is 2.